The molecule has 0 aliphatic rings. The summed E-state index contributed by atoms with van der Waals surface area (Å²) in [6.07, 6.45) is 6.70. The van der Waals surface area contributed by atoms with Crippen LogP contribution in [0.4, 0.5) is 0 Å². The SMILES string of the molecule is CCCCCCC(C)NC(C)c1sc2ccccc2c1C. The minimum absolute atomic E-state index is 0.448. The van der Waals surface area contributed by atoms with E-state index in [0.29, 0.717) is 12.1 Å². The smallest absolute Gasteiger partial charge is 0.0391 e. The second-order valence-electron chi connectivity index (χ2n) is 6.23. The molecule has 1 N–H and O–H groups in total. The van der Waals surface area contributed by atoms with Gasteiger partial charge in [-0.25, -0.2) is 0 Å². The van der Waals surface area contributed by atoms with E-state index in [-0.39, 0.29) is 0 Å². The Kier molecular flexibility index (Phi) is 6.25. The summed E-state index contributed by atoms with van der Waals surface area (Å²) < 4.78 is 1.41. The number of hydrogen-bond donors (Lipinski definition) is 1. The van der Waals surface area contributed by atoms with Gasteiger partial charge in [0.2, 0.25) is 0 Å². The average Bonchev–Trinajstić information content (AvgIpc) is 2.81. The molecule has 0 radical (unpaired) electrons. The van der Waals surface area contributed by atoms with Crippen LogP contribution in [0.1, 0.15) is 69.4 Å². The number of aryl methyl sites for hydroxylation is 1. The van der Waals surface area contributed by atoms with Gasteiger partial charge < -0.3 is 5.32 Å². The summed E-state index contributed by atoms with van der Waals surface area (Å²) in [7, 11) is 0. The molecule has 2 unspecified atom stereocenters. The highest BCUT2D eigenvalue weighted by molar-refractivity contribution is 7.19. The molecule has 0 saturated carbocycles. The summed E-state index contributed by atoms with van der Waals surface area (Å²) in [5, 5.41) is 5.20. The minimum Gasteiger partial charge on any atom is -0.307 e. The number of nitrogens with one attached hydrogen (secondary N) is 1. The molecule has 0 bridgehead atoms. The Bertz CT molecular complexity index is 558. The zero-order valence-corrected chi connectivity index (χ0v) is 14.7. The molecule has 0 aliphatic heterocycles. The quantitative estimate of drug-likeness (QED) is 0.571. The third-order valence-corrected chi connectivity index (χ3v) is 5.75. The fourth-order valence-corrected chi connectivity index (χ4v) is 4.29. The predicted molar refractivity (Wildman–Crippen MR) is 96.3 cm³/mol. The third kappa shape index (κ3) is 4.31. The number of fused-ring (bicyclic) bond motifs is 1. The Balaban J connectivity index is 1.95. The van der Waals surface area contributed by atoms with E-state index in [9.17, 15) is 0 Å². The van der Waals surface area contributed by atoms with Crippen molar-refractivity contribution in [3.8, 4) is 0 Å². The molecule has 2 heteroatoms. The molecule has 0 amide bonds. The van der Waals surface area contributed by atoms with Crippen LogP contribution in [0.25, 0.3) is 10.1 Å². The van der Waals surface area contributed by atoms with Gasteiger partial charge in [0.05, 0.1) is 0 Å². The Labute approximate surface area is 133 Å². The summed E-state index contributed by atoms with van der Waals surface area (Å²) in [6, 6.07) is 9.80. The average molecular weight is 304 g/mol. The predicted octanol–water partition coefficient (Wildman–Crippen LogP) is 6.22. The molecule has 2 atom stereocenters. The van der Waals surface area contributed by atoms with Crippen molar-refractivity contribution in [1.29, 1.82) is 0 Å². The van der Waals surface area contributed by atoms with Gasteiger partial charge in [-0.3, -0.25) is 0 Å². The first-order valence-electron chi connectivity index (χ1n) is 8.37. The summed E-state index contributed by atoms with van der Waals surface area (Å²) in [5.74, 6) is 0. The Hall–Kier alpha value is -0.860. The van der Waals surface area contributed by atoms with Gasteiger partial charge in [-0.2, -0.15) is 0 Å². The monoisotopic (exact) mass is 303 g/mol. The summed E-state index contributed by atoms with van der Waals surface area (Å²) in [4.78, 5) is 1.50. The van der Waals surface area contributed by atoms with Crippen LogP contribution in [-0.4, -0.2) is 6.04 Å². The fourth-order valence-electron chi connectivity index (χ4n) is 3.07. The number of thiophene rings is 1. The molecule has 1 nitrogen and oxygen atoms in total. The van der Waals surface area contributed by atoms with E-state index in [1.807, 2.05) is 11.3 Å². The molecule has 0 aliphatic carbocycles. The van der Waals surface area contributed by atoms with Crippen LogP contribution >= 0.6 is 11.3 Å². The molecule has 1 aromatic heterocycles. The highest BCUT2D eigenvalue weighted by atomic mass is 32.1. The number of benzene rings is 1. The number of rotatable bonds is 8. The summed E-state index contributed by atoms with van der Waals surface area (Å²) >= 11 is 1.94. The van der Waals surface area contributed by atoms with E-state index in [2.05, 4.69) is 57.3 Å². The second kappa shape index (κ2) is 7.95. The second-order valence-corrected chi connectivity index (χ2v) is 7.31. The lowest BCUT2D eigenvalue weighted by Gasteiger charge is -2.20. The van der Waals surface area contributed by atoms with E-state index in [0.717, 1.165) is 0 Å². The van der Waals surface area contributed by atoms with Crippen molar-refractivity contribution in [2.24, 2.45) is 0 Å². The first-order chi connectivity index (χ1) is 10.1. The van der Waals surface area contributed by atoms with E-state index < -0.39 is 0 Å². The maximum atomic E-state index is 3.79. The number of unbranched alkanes of at least 4 members (excludes halogenated alkanes) is 3. The lowest BCUT2D eigenvalue weighted by molar-refractivity contribution is 0.440. The molecule has 1 aromatic carbocycles. The van der Waals surface area contributed by atoms with Gasteiger partial charge in [0.15, 0.2) is 0 Å². The topological polar surface area (TPSA) is 12.0 Å². The van der Waals surface area contributed by atoms with Gasteiger partial charge in [0.25, 0.3) is 0 Å². The van der Waals surface area contributed by atoms with Crippen molar-refractivity contribution < 1.29 is 0 Å². The van der Waals surface area contributed by atoms with Crippen LogP contribution < -0.4 is 5.32 Å². The van der Waals surface area contributed by atoms with Gasteiger partial charge >= 0.3 is 0 Å². The van der Waals surface area contributed by atoms with Crippen LogP contribution in [0.2, 0.25) is 0 Å². The molecular weight excluding hydrogens is 274 g/mol. The van der Waals surface area contributed by atoms with E-state index in [4.69, 9.17) is 0 Å². The van der Waals surface area contributed by atoms with Crippen molar-refractivity contribution in [1.82, 2.24) is 5.32 Å². The first-order valence-corrected chi connectivity index (χ1v) is 9.19. The molecule has 2 rings (SSSR count). The van der Waals surface area contributed by atoms with Gasteiger partial charge in [0.1, 0.15) is 0 Å². The highest BCUT2D eigenvalue weighted by Gasteiger charge is 2.15. The lowest BCUT2D eigenvalue weighted by atomic mass is 10.1. The van der Waals surface area contributed by atoms with Gasteiger partial charge in [-0.05, 0) is 44.2 Å². The maximum absolute atomic E-state index is 3.79. The van der Waals surface area contributed by atoms with Crippen LogP contribution in [0.3, 0.4) is 0 Å². The highest BCUT2D eigenvalue weighted by Crippen LogP contribution is 2.34. The minimum atomic E-state index is 0.448. The van der Waals surface area contributed by atoms with Crippen LogP contribution in [0, 0.1) is 6.92 Å². The van der Waals surface area contributed by atoms with E-state index >= 15 is 0 Å². The molecule has 1 heterocycles. The van der Waals surface area contributed by atoms with Crippen LogP contribution in [-0.2, 0) is 0 Å². The van der Waals surface area contributed by atoms with Crippen LogP contribution in [0.5, 0.6) is 0 Å². The van der Waals surface area contributed by atoms with Crippen molar-refractivity contribution >= 4 is 21.4 Å². The molecule has 0 saturated heterocycles. The van der Waals surface area contributed by atoms with Gasteiger partial charge in [-0.1, -0.05) is 50.8 Å². The molecule has 21 heavy (non-hydrogen) atoms. The molecule has 0 fully saturated rings. The van der Waals surface area contributed by atoms with E-state index in [1.165, 1.54) is 52.6 Å². The lowest BCUT2D eigenvalue weighted by Crippen LogP contribution is -2.28. The Morgan fingerprint density at radius 2 is 1.86 bits per heavy atom. The normalized spacial score (nSPS) is 14.5. The molecule has 0 spiro atoms. The summed E-state index contributed by atoms with van der Waals surface area (Å²) in [5.41, 5.74) is 1.45. The molecule has 116 valence electrons. The maximum Gasteiger partial charge on any atom is 0.0391 e. The largest absolute Gasteiger partial charge is 0.307 e. The number of hydrogen-bond acceptors (Lipinski definition) is 2. The van der Waals surface area contributed by atoms with Gasteiger partial charge in [0, 0.05) is 21.7 Å². The van der Waals surface area contributed by atoms with Crippen molar-refractivity contribution in [3.05, 3.63) is 34.7 Å². The van der Waals surface area contributed by atoms with E-state index in [1.54, 1.807) is 0 Å². The molecular formula is C19H29NS. The molecule has 2 aromatic rings. The van der Waals surface area contributed by atoms with Crippen molar-refractivity contribution in [2.45, 2.75) is 71.9 Å². The third-order valence-electron chi connectivity index (χ3n) is 4.30. The van der Waals surface area contributed by atoms with Gasteiger partial charge in [-0.15, -0.1) is 11.3 Å². The standard InChI is InChI=1S/C19H29NS/c1-5-6-7-8-11-14(2)20-16(4)19-15(3)17-12-9-10-13-18(17)21-19/h9-10,12-14,16,20H,5-8,11H2,1-4H3. The Morgan fingerprint density at radius 3 is 2.57 bits per heavy atom. The Morgan fingerprint density at radius 1 is 1.10 bits per heavy atom. The fraction of sp³-hybridized carbons (Fsp3) is 0.579. The first kappa shape index (κ1) is 16.5. The van der Waals surface area contributed by atoms with Crippen molar-refractivity contribution in [3.63, 3.8) is 0 Å². The zero-order chi connectivity index (χ0) is 15.2. The van der Waals surface area contributed by atoms with Crippen molar-refractivity contribution in [2.75, 3.05) is 0 Å². The zero-order valence-electron chi connectivity index (χ0n) is 13.9. The summed E-state index contributed by atoms with van der Waals surface area (Å²) in [6.45, 7) is 9.16. The van der Waals surface area contributed by atoms with Crippen LogP contribution in [0.15, 0.2) is 24.3 Å².